The maximum atomic E-state index is 13.7. The second-order valence-electron chi connectivity index (χ2n) is 7.23. The van der Waals surface area contributed by atoms with E-state index < -0.39 is 5.82 Å². The van der Waals surface area contributed by atoms with Gasteiger partial charge < -0.3 is 9.64 Å². The molecule has 156 valence electrons. The van der Waals surface area contributed by atoms with Gasteiger partial charge in [0.05, 0.1) is 4.88 Å². The van der Waals surface area contributed by atoms with Crippen LogP contribution in [0.25, 0.3) is 0 Å². The molecule has 1 fully saturated rings. The predicted octanol–water partition coefficient (Wildman–Crippen LogP) is 4.56. The van der Waals surface area contributed by atoms with Crippen LogP contribution in [0, 0.1) is 11.6 Å². The van der Waals surface area contributed by atoms with Crippen molar-refractivity contribution in [2.45, 2.75) is 13.2 Å². The summed E-state index contributed by atoms with van der Waals surface area (Å²) in [6.45, 7) is 3.82. The number of hydrogen-bond donors (Lipinski definition) is 0. The average Bonchev–Trinajstić information content (AvgIpc) is 3.24. The number of nitrogens with zero attached hydrogens (tertiary/aromatic N) is 2. The number of amides is 1. The summed E-state index contributed by atoms with van der Waals surface area (Å²) in [7, 11) is 0. The summed E-state index contributed by atoms with van der Waals surface area (Å²) in [6, 6.07) is 14.6. The molecule has 0 N–H and O–H groups in total. The highest BCUT2D eigenvalue weighted by Gasteiger charge is 2.23. The zero-order valence-corrected chi connectivity index (χ0v) is 17.2. The van der Waals surface area contributed by atoms with Crippen LogP contribution in [0.15, 0.2) is 60.0 Å². The van der Waals surface area contributed by atoms with E-state index in [0.29, 0.717) is 18.0 Å². The molecular formula is C23H22F2N2O2S. The molecule has 0 saturated carbocycles. The topological polar surface area (TPSA) is 32.8 Å². The number of carbonyl (C=O) groups excluding carboxylic acids is 1. The maximum Gasteiger partial charge on any atom is 0.264 e. The first-order valence-electron chi connectivity index (χ1n) is 9.79. The van der Waals surface area contributed by atoms with Gasteiger partial charge in [0.25, 0.3) is 5.91 Å². The molecule has 1 aliphatic heterocycles. The number of para-hydroxylation sites is 1. The van der Waals surface area contributed by atoms with Crippen molar-refractivity contribution in [3.8, 4) is 5.75 Å². The molecule has 2 heterocycles. The van der Waals surface area contributed by atoms with Crippen molar-refractivity contribution < 1.29 is 18.3 Å². The number of rotatable bonds is 6. The molecular weight excluding hydrogens is 406 g/mol. The summed E-state index contributed by atoms with van der Waals surface area (Å²) in [5.74, 6) is -0.418. The van der Waals surface area contributed by atoms with Gasteiger partial charge in [-0.2, -0.15) is 0 Å². The van der Waals surface area contributed by atoms with Gasteiger partial charge in [-0.25, -0.2) is 8.78 Å². The SMILES string of the molecule is O=C(c1cc(COc2ccccc2F)cs1)N1CCN(Cc2ccc(F)cc2)CC1. The van der Waals surface area contributed by atoms with E-state index >= 15 is 0 Å². The lowest BCUT2D eigenvalue weighted by atomic mass is 10.2. The van der Waals surface area contributed by atoms with Gasteiger partial charge in [-0.3, -0.25) is 9.69 Å². The highest BCUT2D eigenvalue weighted by molar-refractivity contribution is 7.12. The van der Waals surface area contributed by atoms with Crippen molar-refractivity contribution >= 4 is 17.2 Å². The van der Waals surface area contributed by atoms with E-state index in [1.54, 1.807) is 30.3 Å². The molecule has 2 aromatic carbocycles. The fraction of sp³-hybridized carbons (Fsp3) is 0.261. The van der Waals surface area contributed by atoms with Crippen LogP contribution in [0.3, 0.4) is 0 Å². The van der Waals surface area contributed by atoms with E-state index in [-0.39, 0.29) is 24.1 Å². The first-order valence-corrected chi connectivity index (χ1v) is 10.7. The Morgan fingerprint density at radius 2 is 1.70 bits per heavy atom. The van der Waals surface area contributed by atoms with Gasteiger partial charge in [0.15, 0.2) is 11.6 Å². The van der Waals surface area contributed by atoms with Gasteiger partial charge in [0.2, 0.25) is 0 Å². The van der Waals surface area contributed by atoms with Gasteiger partial charge in [-0.15, -0.1) is 11.3 Å². The van der Waals surface area contributed by atoms with Crippen molar-refractivity contribution in [1.82, 2.24) is 9.80 Å². The summed E-state index contributed by atoms with van der Waals surface area (Å²) in [4.78, 5) is 17.6. The number of hydrogen-bond acceptors (Lipinski definition) is 4. The van der Waals surface area contributed by atoms with Crippen LogP contribution < -0.4 is 4.74 Å². The molecule has 1 saturated heterocycles. The Morgan fingerprint density at radius 1 is 0.967 bits per heavy atom. The number of benzene rings is 2. The van der Waals surface area contributed by atoms with Crippen molar-refractivity contribution in [1.29, 1.82) is 0 Å². The van der Waals surface area contributed by atoms with Crippen molar-refractivity contribution in [3.63, 3.8) is 0 Å². The quantitative estimate of drug-likeness (QED) is 0.577. The normalized spacial score (nSPS) is 14.7. The zero-order chi connectivity index (χ0) is 20.9. The highest BCUT2D eigenvalue weighted by atomic mass is 32.1. The summed E-state index contributed by atoms with van der Waals surface area (Å²) in [5, 5.41) is 1.87. The smallest absolute Gasteiger partial charge is 0.264 e. The highest BCUT2D eigenvalue weighted by Crippen LogP contribution is 2.22. The zero-order valence-electron chi connectivity index (χ0n) is 16.4. The van der Waals surface area contributed by atoms with Gasteiger partial charge in [-0.1, -0.05) is 24.3 Å². The first kappa shape index (κ1) is 20.5. The molecule has 1 aliphatic rings. The van der Waals surface area contributed by atoms with Gasteiger partial charge in [-0.05, 0) is 41.3 Å². The Labute approximate surface area is 178 Å². The molecule has 0 unspecified atom stereocenters. The Hall–Kier alpha value is -2.77. The molecule has 0 spiro atoms. The Bertz CT molecular complexity index is 998. The average molecular weight is 429 g/mol. The fourth-order valence-electron chi connectivity index (χ4n) is 3.40. The summed E-state index contributed by atoms with van der Waals surface area (Å²) < 4.78 is 32.2. The third kappa shape index (κ3) is 5.04. The van der Waals surface area contributed by atoms with Gasteiger partial charge in [0.1, 0.15) is 12.4 Å². The maximum absolute atomic E-state index is 13.7. The minimum absolute atomic E-state index is 0.0126. The van der Waals surface area contributed by atoms with Crippen molar-refractivity contribution in [2.75, 3.05) is 26.2 Å². The van der Waals surface area contributed by atoms with Crippen LogP contribution in [0.2, 0.25) is 0 Å². The second-order valence-corrected chi connectivity index (χ2v) is 8.14. The van der Waals surface area contributed by atoms with Crippen LogP contribution in [0.5, 0.6) is 5.75 Å². The van der Waals surface area contributed by atoms with Crippen LogP contribution >= 0.6 is 11.3 Å². The number of ether oxygens (including phenoxy) is 1. The molecule has 3 aromatic rings. The minimum Gasteiger partial charge on any atom is -0.486 e. The molecule has 0 bridgehead atoms. The Balaban J connectivity index is 1.28. The predicted molar refractivity (Wildman–Crippen MR) is 113 cm³/mol. The molecule has 0 atom stereocenters. The number of piperazine rings is 1. The molecule has 1 amide bonds. The van der Waals surface area contributed by atoms with Crippen molar-refractivity contribution in [3.05, 3.63) is 87.6 Å². The largest absolute Gasteiger partial charge is 0.486 e. The van der Waals surface area contributed by atoms with E-state index in [1.807, 2.05) is 16.3 Å². The summed E-state index contributed by atoms with van der Waals surface area (Å²) in [6.07, 6.45) is 0. The third-order valence-electron chi connectivity index (χ3n) is 5.07. The molecule has 0 aliphatic carbocycles. The van der Waals surface area contributed by atoms with Crippen LogP contribution in [0.1, 0.15) is 20.8 Å². The molecule has 30 heavy (non-hydrogen) atoms. The molecule has 4 rings (SSSR count). The van der Waals surface area contributed by atoms with E-state index in [9.17, 15) is 13.6 Å². The molecule has 0 radical (unpaired) electrons. The fourth-order valence-corrected chi connectivity index (χ4v) is 4.26. The van der Waals surface area contributed by atoms with E-state index in [0.717, 1.165) is 30.8 Å². The number of thiophene rings is 1. The Morgan fingerprint density at radius 3 is 2.43 bits per heavy atom. The lowest BCUT2D eigenvalue weighted by Gasteiger charge is -2.34. The molecule has 1 aromatic heterocycles. The third-order valence-corrected chi connectivity index (χ3v) is 6.04. The van der Waals surface area contributed by atoms with Gasteiger partial charge in [0, 0.05) is 38.3 Å². The second kappa shape index (κ2) is 9.36. The standard InChI is InChI=1S/C23H22F2N2O2S/c24-19-7-5-17(6-8-19)14-26-9-11-27(12-10-26)23(28)22-13-18(16-30-22)15-29-21-4-2-1-3-20(21)25/h1-8,13,16H,9-12,14-15H2. The van der Waals surface area contributed by atoms with Crippen LogP contribution in [-0.4, -0.2) is 41.9 Å². The molecule has 7 heteroatoms. The number of halogens is 2. The van der Waals surface area contributed by atoms with Crippen LogP contribution in [-0.2, 0) is 13.2 Å². The van der Waals surface area contributed by atoms with E-state index in [4.69, 9.17) is 4.74 Å². The van der Waals surface area contributed by atoms with Crippen molar-refractivity contribution in [2.24, 2.45) is 0 Å². The van der Waals surface area contributed by atoms with E-state index in [2.05, 4.69) is 4.90 Å². The Kier molecular flexibility index (Phi) is 6.40. The number of carbonyl (C=O) groups is 1. The lowest BCUT2D eigenvalue weighted by Crippen LogP contribution is -2.48. The van der Waals surface area contributed by atoms with Crippen LogP contribution in [0.4, 0.5) is 8.78 Å². The minimum atomic E-state index is -0.400. The summed E-state index contributed by atoms with van der Waals surface area (Å²) >= 11 is 1.38. The lowest BCUT2D eigenvalue weighted by molar-refractivity contribution is 0.0633. The first-order chi connectivity index (χ1) is 14.6. The van der Waals surface area contributed by atoms with E-state index in [1.165, 1.54) is 29.5 Å². The van der Waals surface area contributed by atoms with Gasteiger partial charge >= 0.3 is 0 Å². The molecule has 4 nitrogen and oxygen atoms in total. The summed E-state index contributed by atoms with van der Waals surface area (Å²) in [5.41, 5.74) is 1.91. The monoisotopic (exact) mass is 428 g/mol.